The Hall–Kier alpha value is -1.80. The van der Waals surface area contributed by atoms with Crippen LogP contribution >= 0.6 is 0 Å². The molecule has 2 aliphatic rings. The van der Waals surface area contributed by atoms with Crippen LogP contribution in [-0.4, -0.2) is 56.2 Å². The number of methoxy groups -OCH3 is 1. The highest BCUT2D eigenvalue weighted by atomic mass is 32.2. The van der Waals surface area contributed by atoms with Crippen molar-refractivity contribution < 1.29 is 17.9 Å². The average molecular weight is 396 g/mol. The van der Waals surface area contributed by atoms with Gasteiger partial charge in [0.15, 0.2) is 0 Å². The largest absolute Gasteiger partial charge is 0.497 e. The van der Waals surface area contributed by atoms with Crippen LogP contribution < -0.4 is 15.4 Å². The van der Waals surface area contributed by atoms with E-state index in [1.165, 1.54) is 4.31 Å². The van der Waals surface area contributed by atoms with E-state index in [1.54, 1.807) is 7.11 Å². The summed E-state index contributed by atoms with van der Waals surface area (Å²) in [5.74, 6) is 0.818. The SMILES string of the molecule is CCCS(=O)(=O)N1CCC(Nc2cccc(OC)c2)(C(=O)NC2CC2)CC1. The van der Waals surface area contributed by atoms with E-state index in [0.717, 1.165) is 18.5 Å². The summed E-state index contributed by atoms with van der Waals surface area (Å²) < 4.78 is 31.6. The monoisotopic (exact) mass is 395 g/mol. The molecule has 2 N–H and O–H groups in total. The van der Waals surface area contributed by atoms with E-state index in [2.05, 4.69) is 10.6 Å². The van der Waals surface area contributed by atoms with Crippen LogP contribution in [0.5, 0.6) is 5.75 Å². The second kappa shape index (κ2) is 8.06. The third kappa shape index (κ3) is 4.73. The molecule has 1 saturated heterocycles. The quantitative estimate of drug-likeness (QED) is 0.703. The Morgan fingerprint density at radius 3 is 2.59 bits per heavy atom. The van der Waals surface area contributed by atoms with Gasteiger partial charge in [-0.1, -0.05) is 13.0 Å². The molecule has 1 aromatic carbocycles. The zero-order chi connectivity index (χ0) is 19.5. The molecule has 1 amide bonds. The molecule has 2 fully saturated rings. The molecule has 0 bridgehead atoms. The average Bonchev–Trinajstić information content (AvgIpc) is 3.46. The molecule has 1 aliphatic carbocycles. The third-order valence-electron chi connectivity index (χ3n) is 5.23. The van der Waals surface area contributed by atoms with Gasteiger partial charge >= 0.3 is 0 Å². The topological polar surface area (TPSA) is 87.7 Å². The number of carbonyl (C=O) groups is 1. The zero-order valence-corrected chi connectivity index (χ0v) is 16.8. The minimum atomic E-state index is -3.25. The maximum absolute atomic E-state index is 13.0. The number of hydrogen-bond acceptors (Lipinski definition) is 5. The number of hydrogen-bond donors (Lipinski definition) is 2. The van der Waals surface area contributed by atoms with Gasteiger partial charge in [0.1, 0.15) is 11.3 Å². The highest BCUT2D eigenvalue weighted by molar-refractivity contribution is 7.89. The van der Waals surface area contributed by atoms with Crippen LogP contribution in [0.1, 0.15) is 39.0 Å². The predicted molar refractivity (Wildman–Crippen MR) is 105 cm³/mol. The molecular weight excluding hydrogens is 366 g/mol. The summed E-state index contributed by atoms with van der Waals surface area (Å²) in [5, 5.41) is 6.48. The van der Waals surface area contributed by atoms with Crippen molar-refractivity contribution in [3.8, 4) is 5.75 Å². The van der Waals surface area contributed by atoms with Crippen molar-refractivity contribution in [3.05, 3.63) is 24.3 Å². The van der Waals surface area contributed by atoms with Gasteiger partial charge in [0, 0.05) is 30.9 Å². The van der Waals surface area contributed by atoms with E-state index < -0.39 is 15.6 Å². The van der Waals surface area contributed by atoms with Gasteiger partial charge < -0.3 is 15.4 Å². The number of carbonyl (C=O) groups excluding carboxylic acids is 1. The number of benzene rings is 1. The maximum atomic E-state index is 13.0. The Morgan fingerprint density at radius 2 is 2.00 bits per heavy atom. The summed E-state index contributed by atoms with van der Waals surface area (Å²) in [6.45, 7) is 2.55. The van der Waals surface area contributed by atoms with Gasteiger partial charge in [-0.05, 0) is 44.2 Å². The lowest BCUT2D eigenvalue weighted by molar-refractivity contribution is -0.126. The number of anilines is 1. The standard InChI is InChI=1S/C19H29N3O4S/c1-3-13-27(24,25)22-11-9-19(10-12-22,18(23)20-15-7-8-15)21-16-5-4-6-17(14-16)26-2/h4-6,14-15,21H,3,7-13H2,1-2H3,(H,20,23). The fourth-order valence-electron chi connectivity index (χ4n) is 3.47. The van der Waals surface area contributed by atoms with Crippen LogP contribution in [0.3, 0.4) is 0 Å². The number of piperidine rings is 1. The number of nitrogens with one attached hydrogen (secondary N) is 2. The molecule has 0 unspecified atom stereocenters. The van der Waals surface area contributed by atoms with Gasteiger partial charge in [0.2, 0.25) is 15.9 Å². The molecular formula is C19H29N3O4S. The van der Waals surface area contributed by atoms with Crippen molar-refractivity contribution in [2.75, 3.05) is 31.3 Å². The first-order chi connectivity index (χ1) is 12.9. The van der Waals surface area contributed by atoms with Crippen molar-refractivity contribution in [2.45, 2.75) is 50.6 Å². The van der Waals surface area contributed by atoms with Crippen molar-refractivity contribution in [1.29, 1.82) is 0 Å². The molecule has 0 aromatic heterocycles. The summed E-state index contributed by atoms with van der Waals surface area (Å²) >= 11 is 0. The van der Waals surface area contributed by atoms with E-state index >= 15 is 0 Å². The second-order valence-corrected chi connectivity index (χ2v) is 9.49. The maximum Gasteiger partial charge on any atom is 0.245 e. The van der Waals surface area contributed by atoms with Crippen LogP contribution in [-0.2, 0) is 14.8 Å². The summed E-state index contributed by atoms with van der Waals surface area (Å²) in [7, 11) is -1.65. The predicted octanol–water partition coefficient (Wildman–Crippen LogP) is 1.96. The lowest BCUT2D eigenvalue weighted by Crippen LogP contribution is -2.59. The van der Waals surface area contributed by atoms with Crippen molar-refractivity contribution in [2.24, 2.45) is 0 Å². The van der Waals surface area contributed by atoms with Gasteiger partial charge in [0.05, 0.1) is 12.9 Å². The fraction of sp³-hybridized carbons (Fsp3) is 0.632. The molecule has 27 heavy (non-hydrogen) atoms. The number of rotatable bonds is 8. The van der Waals surface area contributed by atoms with Crippen LogP contribution in [0.15, 0.2) is 24.3 Å². The molecule has 0 atom stereocenters. The first-order valence-electron chi connectivity index (χ1n) is 9.59. The van der Waals surface area contributed by atoms with E-state index in [4.69, 9.17) is 4.74 Å². The first kappa shape index (κ1) is 19.9. The number of amides is 1. The Morgan fingerprint density at radius 1 is 1.30 bits per heavy atom. The Labute approximate surface area is 161 Å². The minimum Gasteiger partial charge on any atom is -0.497 e. The summed E-state index contributed by atoms with van der Waals surface area (Å²) in [5.41, 5.74) is -0.0159. The van der Waals surface area contributed by atoms with E-state index in [-0.39, 0.29) is 17.7 Å². The third-order valence-corrected chi connectivity index (χ3v) is 7.31. The Balaban J connectivity index is 1.78. The van der Waals surface area contributed by atoms with Crippen LogP contribution in [0, 0.1) is 0 Å². The van der Waals surface area contributed by atoms with Gasteiger partial charge in [-0.15, -0.1) is 0 Å². The second-order valence-electron chi connectivity index (χ2n) is 7.40. The molecule has 150 valence electrons. The summed E-state index contributed by atoms with van der Waals surface area (Å²) in [6.07, 6.45) is 3.49. The van der Waals surface area contributed by atoms with E-state index in [1.807, 2.05) is 31.2 Å². The molecule has 1 heterocycles. The highest BCUT2D eigenvalue weighted by Crippen LogP contribution is 2.31. The van der Waals surface area contributed by atoms with Gasteiger partial charge in [0.25, 0.3) is 0 Å². The molecule has 0 spiro atoms. The van der Waals surface area contributed by atoms with Gasteiger partial charge in [-0.3, -0.25) is 4.79 Å². The summed E-state index contributed by atoms with van der Waals surface area (Å²) in [4.78, 5) is 13.0. The molecule has 1 saturated carbocycles. The van der Waals surface area contributed by atoms with Crippen LogP contribution in [0.25, 0.3) is 0 Å². The normalized spacial score (nSPS) is 20.1. The summed E-state index contributed by atoms with van der Waals surface area (Å²) in [6, 6.07) is 7.72. The Bertz CT molecular complexity index is 769. The van der Waals surface area contributed by atoms with E-state index in [0.29, 0.717) is 38.1 Å². The Kier molecular flexibility index (Phi) is 5.95. The van der Waals surface area contributed by atoms with Crippen LogP contribution in [0.4, 0.5) is 5.69 Å². The van der Waals surface area contributed by atoms with Gasteiger partial charge in [-0.2, -0.15) is 0 Å². The smallest absolute Gasteiger partial charge is 0.245 e. The van der Waals surface area contributed by atoms with Crippen molar-refractivity contribution >= 4 is 21.6 Å². The molecule has 3 rings (SSSR count). The molecule has 1 aliphatic heterocycles. The fourth-order valence-corrected chi connectivity index (χ4v) is 4.98. The zero-order valence-electron chi connectivity index (χ0n) is 16.0. The molecule has 1 aromatic rings. The highest BCUT2D eigenvalue weighted by Gasteiger charge is 2.45. The molecule has 7 nitrogen and oxygen atoms in total. The molecule has 0 radical (unpaired) electrons. The van der Waals surface area contributed by atoms with E-state index in [9.17, 15) is 13.2 Å². The number of sulfonamides is 1. The lowest BCUT2D eigenvalue weighted by Gasteiger charge is -2.41. The minimum absolute atomic E-state index is 0.0413. The molecule has 8 heteroatoms. The van der Waals surface area contributed by atoms with Gasteiger partial charge in [-0.25, -0.2) is 12.7 Å². The van der Waals surface area contributed by atoms with Crippen LogP contribution in [0.2, 0.25) is 0 Å². The number of nitrogens with zero attached hydrogens (tertiary/aromatic N) is 1. The first-order valence-corrected chi connectivity index (χ1v) is 11.2. The van der Waals surface area contributed by atoms with Crippen molar-refractivity contribution in [1.82, 2.24) is 9.62 Å². The number of ether oxygens (including phenoxy) is 1. The van der Waals surface area contributed by atoms with Crippen molar-refractivity contribution in [3.63, 3.8) is 0 Å². The lowest BCUT2D eigenvalue weighted by atomic mass is 9.86.